The Balaban J connectivity index is 3.20. The Hall–Kier alpha value is -1.78. The molecule has 1 rings (SSSR count). The standard InChI is InChI=1S/C6H8N4O/c7-4-1-5(8)10-2-3(4)6(9)11/h1-2H,(H2,9,11)(H4,7,8,10). The van der Waals surface area contributed by atoms with Gasteiger partial charge in [-0.1, -0.05) is 0 Å². The van der Waals surface area contributed by atoms with Crippen LogP contribution in [0.4, 0.5) is 11.5 Å². The molecular formula is C6H8N4O. The minimum Gasteiger partial charge on any atom is -0.398 e. The number of nitrogen functional groups attached to an aromatic ring is 2. The number of pyridine rings is 1. The van der Waals surface area contributed by atoms with Crippen molar-refractivity contribution in [2.75, 3.05) is 11.5 Å². The summed E-state index contributed by atoms with van der Waals surface area (Å²) in [6.45, 7) is 0. The van der Waals surface area contributed by atoms with E-state index in [0.29, 0.717) is 0 Å². The number of anilines is 2. The van der Waals surface area contributed by atoms with Gasteiger partial charge < -0.3 is 17.2 Å². The summed E-state index contributed by atoms with van der Waals surface area (Å²) in [4.78, 5) is 14.3. The highest BCUT2D eigenvalue weighted by Crippen LogP contribution is 2.11. The molecule has 0 saturated carbocycles. The Kier molecular flexibility index (Phi) is 1.63. The fourth-order valence-corrected chi connectivity index (χ4v) is 0.694. The molecule has 0 saturated heterocycles. The summed E-state index contributed by atoms with van der Waals surface area (Å²) in [5.41, 5.74) is 16.1. The van der Waals surface area contributed by atoms with Crippen molar-refractivity contribution >= 4 is 17.4 Å². The van der Waals surface area contributed by atoms with Gasteiger partial charge in [-0.25, -0.2) is 4.98 Å². The number of nitrogens with two attached hydrogens (primary N) is 3. The van der Waals surface area contributed by atoms with Crippen molar-refractivity contribution in [2.45, 2.75) is 0 Å². The van der Waals surface area contributed by atoms with Crippen LogP contribution < -0.4 is 17.2 Å². The Labute approximate surface area is 63.2 Å². The van der Waals surface area contributed by atoms with Crippen LogP contribution in [0.15, 0.2) is 12.3 Å². The number of nitrogens with zero attached hydrogens (tertiary/aromatic N) is 1. The molecule has 1 aromatic rings. The lowest BCUT2D eigenvalue weighted by Gasteiger charge is -1.99. The Bertz CT molecular complexity index is 297. The molecule has 11 heavy (non-hydrogen) atoms. The van der Waals surface area contributed by atoms with Gasteiger partial charge in [0.1, 0.15) is 5.82 Å². The highest BCUT2D eigenvalue weighted by atomic mass is 16.1. The number of hydrogen-bond acceptors (Lipinski definition) is 4. The molecule has 1 aromatic heterocycles. The highest BCUT2D eigenvalue weighted by molar-refractivity contribution is 5.97. The van der Waals surface area contributed by atoms with E-state index < -0.39 is 5.91 Å². The van der Waals surface area contributed by atoms with Gasteiger partial charge in [0.2, 0.25) is 0 Å². The SMILES string of the molecule is NC(=O)c1cnc(N)cc1N. The largest absolute Gasteiger partial charge is 0.398 e. The van der Waals surface area contributed by atoms with Crippen molar-refractivity contribution in [3.8, 4) is 0 Å². The van der Waals surface area contributed by atoms with Crippen LogP contribution in [0.3, 0.4) is 0 Å². The Morgan fingerprint density at radius 1 is 1.45 bits per heavy atom. The summed E-state index contributed by atoms with van der Waals surface area (Å²) in [6, 6.07) is 1.39. The van der Waals surface area contributed by atoms with Crippen molar-refractivity contribution in [3.05, 3.63) is 17.8 Å². The predicted octanol–water partition coefficient (Wildman–Crippen LogP) is -0.655. The number of hydrogen-bond donors (Lipinski definition) is 3. The number of carbonyl (C=O) groups excluding carboxylic acids is 1. The average molecular weight is 152 g/mol. The van der Waals surface area contributed by atoms with Gasteiger partial charge in [0, 0.05) is 18.0 Å². The van der Waals surface area contributed by atoms with Crippen molar-refractivity contribution in [2.24, 2.45) is 5.73 Å². The van der Waals surface area contributed by atoms with Gasteiger partial charge in [0.05, 0.1) is 5.56 Å². The van der Waals surface area contributed by atoms with Crippen molar-refractivity contribution in [1.29, 1.82) is 0 Å². The molecule has 0 aliphatic heterocycles. The third-order valence-corrected chi connectivity index (χ3v) is 1.22. The maximum absolute atomic E-state index is 10.6. The fraction of sp³-hybridized carbons (Fsp3) is 0. The molecular weight excluding hydrogens is 144 g/mol. The number of primary amides is 1. The van der Waals surface area contributed by atoms with Gasteiger partial charge in [0.15, 0.2) is 0 Å². The van der Waals surface area contributed by atoms with E-state index in [9.17, 15) is 4.79 Å². The van der Waals surface area contributed by atoms with Crippen LogP contribution in [0.1, 0.15) is 10.4 Å². The minimum atomic E-state index is -0.602. The molecule has 1 amide bonds. The lowest BCUT2D eigenvalue weighted by molar-refractivity contribution is 0.100. The van der Waals surface area contributed by atoms with Crippen LogP contribution in [0.5, 0.6) is 0 Å². The average Bonchev–Trinajstić information content (AvgIpc) is 1.85. The van der Waals surface area contributed by atoms with E-state index in [2.05, 4.69) is 4.98 Å². The van der Waals surface area contributed by atoms with E-state index in [1.807, 2.05) is 0 Å². The fourth-order valence-electron chi connectivity index (χ4n) is 0.694. The summed E-state index contributed by atoms with van der Waals surface area (Å²) >= 11 is 0. The number of rotatable bonds is 1. The molecule has 0 aromatic carbocycles. The van der Waals surface area contributed by atoms with E-state index in [-0.39, 0.29) is 17.1 Å². The second-order valence-electron chi connectivity index (χ2n) is 2.06. The predicted molar refractivity (Wildman–Crippen MR) is 41.6 cm³/mol. The molecule has 0 aliphatic rings. The van der Waals surface area contributed by atoms with E-state index in [1.54, 1.807) is 0 Å². The van der Waals surface area contributed by atoms with Gasteiger partial charge in [-0.05, 0) is 0 Å². The van der Waals surface area contributed by atoms with Gasteiger partial charge in [-0.2, -0.15) is 0 Å². The summed E-state index contributed by atoms with van der Waals surface area (Å²) in [5.74, 6) is -0.331. The molecule has 0 unspecified atom stereocenters. The first-order valence-corrected chi connectivity index (χ1v) is 2.92. The second-order valence-corrected chi connectivity index (χ2v) is 2.06. The van der Waals surface area contributed by atoms with Crippen molar-refractivity contribution < 1.29 is 4.79 Å². The smallest absolute Gasteiger partial charge is 0.252 e. The molecule has 0 spiro atoms. The normalized spacial score (nSPS) is 9.45. The van der Waals surface area contributed by atoms with E-state index >= 15 is 0 Å². The first-order chi connectivity index (χ1) is 5.11. The Morgan fingerprint density at radius 3 is 2.55 bits per heavy atom. The maximum atomic E-state index is 10.6. The van der Waals surface area contributed by atoms with Crippen molar-refractivity contribution in [3.63, 3.8) is 0 Å². The third kappa shape index (κ3) is 1.37. The van der Waals surface area contributed by atoms with E-state index in [1.165, 1.54) is 12.3 Å². The zero-order valence-corrected chi connectivity index (χ0v) is 5.74. The van der Waals surface area contributed by atoms with E-state index in [4.69, 9.17) is 17.2 Å². The van der Waals surface area contributed by atoms with Crippen LogP contribution in [-0.2, 0) is 0 Å². The first-order valence-electron chi connectivity index (χ1n) is 2.92. The lowest BCUT2D eigenvalue weighted by atomic mass is 10.2. The maximum Gasteiger partial charge on any atom is 0.252 e. The first kappa shape index (κ1) is 7.33. The van der Waals surface area contributed by atoms with Crippen LogP contribution in [0.2, 0.25) is 0 Å². The van der Waals surface area contributed by atoms with E-state index in [0.717, 1.165) is 0 Å². The Morgan fingerprint density at radius 2 is 2.09 bits per heavy atom. The number of carbonyl (C=O) groups is 1. The summed E-state index contributed by atoms with van der Waals surface area (Å²) in [7, 11) is 0. The quantitative estimate of drug-likeness (QED) is 0.496. The van der Waals surface area contributed by atoms with Gasteiger partial charge in [-0.3, -0.25) is 4.79 Å². The molecule has 58 valence electrons. The zero-order valence-electron chi connectivity index (χ0n) is 5.74. The summed E-state index contributed by atoms with van der Waals surface area (Å²) < 4.78 is 0. The summed E-state index contributed by atoms with van der Waals surface area (Å²) in [5, 5.41) is 0. The third-order valence-electron chi connectivity index (χ3n) is 1.22. The molecule has 0 aliphatic carbocycles. The van der Waals surface area contributed by atoms with Crippen LogP contribution in [-0.4, -0.2) is 10.9 Å². The molecule has 0 fully saturated rings. The molecule has 1 heterocycles. The second kappa shape index (κ2) is 2.45. The van der Waals surface area contributed by atoms with Crippen molar-refractivity contribution in [1.82, 2.24) is 4.98 Å². The minimum absolute atomic E-state index is 0.194. The molecule has 6 N–H and O–H groups in total. The molecule has 0 radical (unpaired) electrons. The molecule has 0 atom stereocenters. The monoisotopic (exact) mass is 152 g/mol. The van der Waals surface area contributed by atoms with Crippen LogP contribution >= 0.6 is 0 Å². The number of aromatic nitrogens is 1. The molecule has 0 bridgehead atoms. The van der Waals surface area contributed by atoms with Gasteiger partial charge >= 0.3 is 0 Å². The topological polar surface area (TPSA) is 108 Å². The zero-order chi connectivity index (χ0) is 8.43. The molecule has 5 nitrogen and oxygen atoms in total. The lowest BCUT2D eigenvalue weighted by Crippen LogP contribution is -2.14. The van der Waals surface area contributed by atoms with Crippen LogP contribution in [0, 0.1) is 0 Å². The van der Waals surface area contributed by atoms with Gasteiger partial charge in [0.25, 0.3) is 5.91 Å². The molecule has 5 heteroatoms. The number of amides is 1. The summed E-state index contributed by atoms with van der Waals surface area (Å²) in [6.07, 6.45) is 1.26. The highest BCUT2D eigenvalue weighted by Gasteiger charge is 2.04. The van der Waals surface area contributed by atoms with Crippen LogP contribution in [0.25, 0.3) is 0 Å². The van der Waals surface area contributed by atoms with Gasteiger partial charge in [-0.15, -0.1) is 0 Å².